The highest BCUT2D eigenvalue weighted by atomic mass is 16.5. The molecule has 0 saturated carbocycles. The molecule has 3 N–H and O–H groups in total. The van der Waals surface area contributed by atoms with Crippen LogP contribution in [0.5, 0.6) is 5.75 Å². The van der Waals surface area contributed by atoms with Crippen molar-refractivity contribution in [3.63, 3.8) is 0 Å². The highest BCUT2D eigenvalue weighted by molar-refractivity contribution is 5.96. The number of carbonyl (C=O) groups is 2. The lowest BCUT2D eigenvalue weighted by molar-refractivity contribution is 0.0192. The van der Waals surface area contributed by atoms with Crippen LogP contribution in [-0.2, 0) is 4.74 Å². The van der Waals surface area contributed by atoms with Gasteiger partial charge in [-0.05, 0) is 66.6 Å². The van der Waals surface area contributed by atoms with Crippen molar-refractivity contribution in [1.82, 2.24) is 10.6 Å². The maximum atomic E-state index is 12.8. The van der Waals surface area contributed by atoms with Crippen molar-refractivity contribution in [3.05, 3.63) is 77.9 Å². The molecule has 0 bridgehead atoms. The minimum absolute atomic E-state index is 0.102. The molecule has 1 amide bonds. The van der Waals surface area contributed by atoms with E-state index < -0.39 is 12.1 Å². The van der Waals surface area contributed by atoms with E-state index in [0.29, 0.717) is 24.1 Å². The maximum absolute atomic E-state index is 12.8. The molecule has 2 atom stereocenters. The summed E-state index contributed by atoms with van der Waals surface area (Å²) in [6, 6.07) is 19.1. The van der Waals surface area contributed by atoms with Crippen LogP contribution in [0.1, 0.15) is 33.6 Å². The second-order valence-corrected chi connectivity index (χ2v) is 7.48. The average Bonchev–Trinajstić information content (AvgIpc) is 2.98. The predicted molar refractivity (Wildman–Crippen MR) is 115 cm³/mol. The molecule has 6 nitrogen and oxygen atoms in total. The summed E-state index contributed by atoms with van der Waals surface area (Å²) in [5.74, 6) is -0.558. The number of hydrogen-bond donors (Lipinski definition) is 3. The number of amides is 1. The monoisotopic (exact) mass is 404 g/mol. The third kappa shape index (κ3) is 4.60. The fourth-order valence-electron chi connectivity index (χ4n) is 3.69. The topological polar surface area (TPSA) is 87.7 Å². The second-order valence-electron chi connectivity index (χ2n) is 7.48. The van der Waals surface area contributed by atoms with Crippen molar-refractivity contribution in [2.24, 2.45) is 0 Å². The molecule has 1 heterocycles. The van der Waals surface area contributed by atoms with Gasteiger partial charge in [0.1, 0.15) is 11.9 Å². The smallest absolute Gasteiger partial charge is 0.338 e. The molecule has 0 unspecified atom stereocenters. The van der Waals surface area contributed by atoms with Crippen LogP contribution in [0.2, 0.25) is 0 Å². The highest BCUT2D eigenvalue weighted by Crippen LogP contribution is 2.19. The fraction of sp³-hybridized carbons (Fsp3) is 0.250. The van der Waals surface area contributed by atoms with E-state index in [4.69, 9.17) is 4.74 Å². The lowest BCUT2D eigenvalue weighted by atomic mass is 10.1. The molecule has 154 valence electrons. The molecule has 0 aliphatic carbocycles. The standard InChI is InChI=1S/C24H24N2O4/c27-20-11-9-17(10-12-20)23(28)26-21-15-25-13-3-6-22(21)30-24(29)19-8-7-16-4-1-2-5-18(16)14-19/h1-2,4-5,7-12,14,21-22,25,27H,3,6,13,15H2,(H,26,28)/t21-,22-/m1/s1. The van der Waals surface area contributed by atoms with Crippen LogP contribution in [0, 0.1) is 0 Å². The molecule has 0 radical (unpaired) electrons. The van der Waals surface area contributed by atoms with Gasteiger partial charge in [-0.15, -0.1) is 0 Å². The van der Waals surface area contributed by atoms with E-state index in [2.05, 4.69) is 10.6 Å². The van der Waals surface area contributed by atoms with Crippen molar-refractivity contribution in [2.75, 3.05) is 13.1 Å². The molecular formula is C24H24N2O4. The summed E-state index contributed by atoms with van der Waals surface area (Å²) in [4.78, 5) is 25.4. The zero-order valence-corrected chi connectivity index (χ0v) is 16.5. The molecule has 4 rings (SSSR count). The predicted octanol–water partition coefficient (Wildman–Crippen LogP) is 3.25. The van der Waals surface area contributed by atoms with Crippen LogP contribution in [0.3, 0.4) is 0 Å². The van der Waals surface area contributed by atoms with Crippen LogP contribution >= 0.6 is 0 Å². The Bertz CT molecular complexity index is 1050. The maximum Gasteiger partial charge on any atom is 0.338 e. The first kappa shape index (κ1) is 19.9. The summed E-state index contributed by atoms with van der Waals surface area (Å²) in [6.45, 7) is 1.31. The van der Waals surface area contributed by atoms with E-state index in [1.807, 2.05) is 36.4 Å². The summed E-state index contributed by atoms with van der Waals surface area (Å²) in [5.41, 5.74) is 0.936. The summed E-state index contributed by atoms with van der Waals surface area (Å²) in [5, 5.41) is 17.7. The van der Waals surface area contributed by atoms with Gasteiger partial charge in [0.15, 0.2) is 0 Å². The van der Waals surface area contributed by atoms with Gasteiger partial charge in [0.2, 0.25) is 0 Å². The number of phenolic OH excluding ortho intramolecular Hbond substituents is 1. The van der Waals surface area contributed by atoms with Crippen molar-refractivity contribution in [3.8, 4) is 5.75 Å². The number of nitrogens with one attached hydrogen (secondary N) is 2. The molecule has 0 spiro atoms. The van der Waals surface area contributed by atoms with Crippen LogP contribution in [0.4, 0.5) is 0 Å². The Morgan fingerprint density at radius 2 is 1.70 bits per heavy atom. The number of fused-ring (bicyclic) bond motifs is 1. The van der Waals surface area contributed by atoms with Gasteiger partial charge >= 0.3 is 5.97 Å². The molecule has 6 heteroatoms. The zero-order valence-electron chi connectivity index (χ0n) is 16.5. The molecule has 0 aromatic heterocycles. The molecule has 1 fully saturated rings. The van der Waals surface area contributed by atoms with Crippen molar-refractivity contribution >= 4 is 22.6 Å². The van der Waals surface area contributed by atoms with Gasteiger partial charge in [0, 0.05) is 12.1 Å². The highest BCUT2D eigenvalue weighted by Gasteiger charge is 2.29. The van der Waals surface area contributed by atoms with Crippen LogP contribution < -0.4 is 10.6 Å². The first-order valence-electron chi connectivity index (χ1n) is 10.1. The Balaban J connectivity index is 1.48. The summed E-state index contributed by atoms with van der Waals surface area (Å²) < 4.78 is 5.84. The fourth-order valence-corrected chi connectivity index (χ4v) is 3.69. The third-order valence-electron chi connectivity index (χ3n) is 5.34. The van der Waals surface area contributed by atoms with E-state index in [1.165, 1.54) is 12.1 Å². The first-order chi connectivity index (χ1) is 14.6. The van der Waals surface area contributed by atoms with Gasteiger partial charge in [0.05, 0.1) is 11.6 Å². The summed E-state index contributed by atoms with van der Waals surface area (Å²) >= 11 is 0. The normalized spacial score (nSPS) is 19.1. The van der Waals surface area contributed by atoms with Gasteiger partial charge in [-0.25, -0.2) is 4.79 Å². The molecule has 3 aromatic rings. The lowest BCUT2D eigenvalue weighted by Crippen LogP contribution is -2.49. The average molecular weight is 404 g/mol. The third-order valence-corrected chi connectivity index (χ3v) is 5.34. The Morgan fingerprint density at radius 3 is 2.50 bits per heavy atom. The number of hydrogen-bond acceptors (Lipinski definition) is 5. The van der Waals surface area contributed by atoms with E-state index in [-0.39, 0.29) is 17.7 Å². The van der Waals surface area contributed by atoms with Crippen molar-refractivity contribution < 1.29 is 19.4 Å². The van der Waals surface area contributed by atoms with Crippen LogP contribution in [-0.4, -0.2) is 42.2 Å². The number of aromatic hydroxyl groups is 1. The quantitative estimate of drug-likeness (QED) is 0.581. The molecule has 3 aromatic carbocycles. The number of phenols is 1. The minimum Gasteiger partial charge on any atom is -0.508 e. The van der Waals surface area contributed by atoms with Gasteiger partial charge in [-0.1, -0.05) is 30.3 Å². The van der Waals surface area contributed by atoms with Crippen molar-refractivity contribution in [2.45, 2.75) is 25.0 Å². The molecule has 30 heavy (non-hydrogen) atoms. The van der Waals surface area contributed by atoms with Gasteiger partial charge in [0.25, 0.3) is 5.91 Å². The molecule has 1 aliphatic rings. The van der Waals surface area contributed by atoms with Crippen LogP contribution in [0.15, 0.2) is 66.7 Å². The first-order valence-corrected chi connectivity index (χ1v) is 10.1. The van der Waals surface area contributed by atoms with Crippen LogP contribution in [0.25, 0.3) is 10.8 Å². The number of esters is 1. The summed E-state index contributed by atoms with van der Waals surface area (Å²) in [6.07, 6.45) is 1.08. The number of carbonyl (C=O) groups excluding carboxylic acids is 2. The Kier molecular flexibility index (Phi) is 5.95. The van der Waals surface area contributed by atoms with E-state index in [9.17, 15) is 14.7 Å². The molecular weight excluding hydrogens is 380 g/mol. The zero-order chi connectivity index (χ0) is 20.9. The lowest BCUT2D eigenvalue weighted by Gasteiger charge is -2.26. The van der Waals surface area contributed by atoms with Gasteiger partial charge in [-0.2, -0.15) is 0 Å². The Morgan fingerprint density at radius 1 is 0.967 bits per heavy atom. The second kappa shape index (κ2) is 8.97. The van der Waals surface area contributed by atoms with Crippen molar-refractivity contribution in [1.29, 1.82) is 0 Å². The Labute approximate surface area is 174 Å². The summed E-state index contributed by atoms with van der Waals surface area (Å²) in [7, 11) is 0. The minimum atomic E-state index is -0.431. The SMILES string of the molecule is O=C(N[C@@H]1CNCCC[C@H]1OC(=O)c1ccc2ccccc2c1)c1ccc(O)cc1. The van der Waals surface area contributed by atoms with E-state index >= 15 is 0 Å². The largest absolute Gasteiger partial charge is 0.508 e. The molecule has 1 aliphatic heterocycles. The van der Waals surface area contributed by atoms with Gasteiger partial charge in [-0.3, -0.25) is 4.79 Å². The number of rotatable bonds is 4. The number of benzene rings is 3. The van der Waals surface area contributed by atoms with E-state index in [0.717, 1.165) is 23.7 Å². The van der Waals surface area contributed by atoms with Gasteiger partial charge < -0.3 is 20.5 Å². The molecule has 1 saturated heterocycles. The number of ether oxygens (including phenoxy) is 1. The Hall–Kier alpha value is -3.38. The van der Waals surface area contributed by atoms with E-state index in [1.54, 1.807) is 18.2 Å².